The summed E-state index contributed by atoms with van der Waals surface area (Å²) < 4.78 is 5.46. The number of hydrogen-bond acceptors (Lipinski definition) is 6. The molecule has 0 radical (unpaired) electrons. The van der Waals surface area contributed by atoms with E-state index in [9.17, 15) is 4.79 Å². The molecule has 0 saturated heterocycles. The van der Waals surface area contributed by atoms with Crippen LogP contribution in [-0.4, -0.2) is 27.9 Å². The van der Waals surface area contributed by atoms with Gasteiger partial charge >= 0.3 is 0 Å². The summed E-state index contributed by atoms with van der Waals surface area (Å²) >= 11 is 12.1. The van der Waals surface area contributed by atoms with Crippen molar-refractivity contribution in [1.82, 2.24) is 10.2 Å². The van der Waals surface area contributed by atoms with Gasteiger partial charge in [-0.3, -0.25) is 4.79 Å². The molecule has 1 atom stereocenters. The topological polar surface area (TPSA) is 89.6 Å². The minimum absolute atomic E-state index is 0.287. The molecule has 4 rings (SSSR count). The van der Waals surface area contributed by atoms with Gasteiger partial charge in [-0.15, -0.1) is 10.2 Å². The average Bonchev–Trinajstić information content (AvgIpc) is 3.31. The smallest absolute Gasteiger partial charge is 0.268 e. The lowest BCUT2D eigenvalue weighted by Gasteiger charge is -2.11. The van der Waals surface area contributed by atoms with E-state index in [0.717, 1.165) is 0 Å². The van der Waals surface area contributed by atoms with E-state index in [0.29, 0.717) is 44.4 Å². The Labute approximate surface area is 170 Å². The van der Waals surface area contributed by atoms with E-state index in [1.165, 1.54) is 0 Å². The molecule has 9 heteroatoms. The van der Waals surface area contributed by atoms with Crippen LogP contribution in [0.25, 0.3) is 11.5 Å². The molecule has 142 valence electrons. The molecular formula is C19H14Cl2N4O3. The van der Waals surface area contributed by atoms with Crippen molar-refractivity contribution in [3.8, 4) is 11.5 Å². The molecule has 2 heterocycles. The molecule has 1 aromatic heterocycles. The zero-order valence-electron chi connectivity index (χ0n) is 14.6. The van der Waals surface area contributed by atoms with E-state index in [4.69, 9.17) is 32.5 Å². The third-order valence-electron chi connectivity index (χ3n) is 4.14. The van der Waals surface area contributed by atoms with Gasteiger partial charge in [0.25, 0.3) is 5.91 Å². The molecule has 0 unspecified atom stereocenters. The number of rotatable bonds is 4. The average molecular weight is 417 g/mol. The largest absolute Gasteiger partial charge is 0.421 e. The van der Waals surface area contributed by atoms with Gasteiger partial charge in [-0.25, -0.2) is 0 Å². The van der Waals surface area contributed by atoms with Crippen LogP contribution in [0.15, 0.2) is 52.0 Å². The summed E-state index contributed by atoms with van der Waals surface area (Å²) in [6.07, 6.45) is -0.492. The number of para-hydroxylation sites is 1. The molecule has 1 N–H and O–H groups in total. The Morgan fingerprint density at radius 2 is 1.96 bits per heavy atom. The highest BCUT2D eigenvalue weighted by Crippen LogP contribution is 2.29. The zero-order chi connectivity index (χ0) is 19.7. The Kier molecular flexibility index (Phi) is 5.02. The predicted molar refractivity (Wildman–Crippen MR) is 106 cm³/mol. The van der Waals surface area contributed by atoms with Crippen LogP contribution < -0.4 is 5.32 Å². The number of anilines is 1. The molecule has 0 spiro atoms. The number of aromatic nitrogens is 2. The summed E-state index contributed by atoms with van der Waals surface area (Å²) in [5, 5.41) is 15.7. The highest BCUT2D eigenvalue weighted by molar-refractivity contribution is 6.37. The standard InChI is InChI=1S/C19H14Cl2N4O3/c1-10-23-24-19(27-10)13-4-2-3-5-15(13)22-18(26)17-9-16(25-28-17)12-7-6-11(20)8-14(12)21/h2-8,17H,9H2,1H3,(H,22,26)/t17-/m0/s1. The van der Waals surface area contributed by atoms with Gasteiger partial charge in [-0.2, -0.15) is 0 Å². The predicted octanol–water partition coefficient (Wildman–Crippen LogP) is 4.48. The lowest BCUT2D eigenvalue weighted by molar-refractivity contribution is -0.125. The normalized spacial score (nSPS) is 15.8. The van der Waals surface area contributed by atoms with Gasteiger partial charge in [0, 0.05) is 23.9 Å². The molecular weight excluding hydrogens is 403 g/mol. The van der Waals surface area contributed by atoms with Gasteiger partial charge < -0.3 is 14.6 Å². The molecule has 0 aliphatic carbocycles. The SMILES string of the molecule is Cc1nnc(-c2ccccc2NC(=O)[C@@H]2CC(c3ccc(Cl)cc3Cl)=NO2)o1. The summed E-state index contributed by atoms with van der Waals surface area (Å²) in [4.78, 5) is 18.0. The maximum absolute atomic E-state index is 12.7. The van der Waals surface area contributed by atoms with Gasteiger partial charge in [0.05, 0.1) is 22.0 Å². The van der Waals surface area contributed by atoms with Gasteiger partial charge in [0.2, 0.25) is 17.9 Å². The molecule has 1 amide bonds. The quantitative estimate of drug-likeness (QED) is 0.676. The Hall–Kier alpha value is -2.90. The van der Waals surface area contributed by atoms with Crippen LogP contribution in [0.4, 0.5) is 5.69 Å². The highest BCUT2D eigenvalue weighted by atomic mass is 35.5. The van der Waals surface area contributed by atoms with Crippen molar-refractivity contribution in [2.45, 2.75) is 19.4 Å². The third-order valence-corrected chi connectivity index (χ3v) is 4.69. The number of halogens is 2. The van der Waals surface area contributed by atoms with Crippen LogP contribution in [-0.2, 0) is 9.63 Å². The summed E-state index contributed by atoms with van der Waals surface area (Å²) in [6, 6.07) is 12.2. The minimum atomic E-state index is -0.778. The molecule has 0 bridgehead atoms. The van der Waals surface area contributed by atoms with Gasteiger partial charge in [0.1, 0.15) is 0 Å². The van der Waals surface area contributed by atoms with Crippen molar-refractivity contribution in [2.24, 2.45) is 5.16 Å². The number of aryl methyl sites for hydroxylation is 1. The lowest BCUT2D eigenvalue weighted by Crippen LogP contribution is -2.28. The minimum Gasteiger partial charge on any atom is -0.421 e. The van der Waals surface area contributed by atoms with Gasteiger partial charge in [-0.1, -0.05) is 46.6 Å². The summed E-state index contributed by atoms with van der Waals surface area (Å²) in [5.41, 5.74) is 2.43. The number of nitrogens with one attached hydrogen (secondary N) is 1. The molecule has 1 aliphatic rings. The Bertz CT molecular complexity index is 1080. The van der Waals surface area contributed by atoms with Crippen LogP contribution in [0.3, 0.4) is 0 Å². The number of oxime groups is 1. The van der Waals surface area contributed by atoms with E-state index in [1.54, 1.807) is 43.3 Å². The number of benzene rings is 2. The molecule has 7 nitrogen and oxygen atoms in total. The highest BCUT2D eigenvalue weighted by Gasteiger charge is 2.30. The Morgan fingerprint density at radius 1 is 1.14 bits per heavy atom. The molecule has 0 fully saturated rings. The van der Waals surface area contributed by atoms with Crippen molar-refractivity contribution >= 4 is 40.5 Å². The molecule has 3 aromatic rings. The fourth-order valence-electron chi connectivity index (χ4n) is 2.80. The van der Waals surface area contributed by atoms with Crippen LogP contribution >= 0.6 is 23.2 Å². The van der Waals surface area contributed by atoms with Crippen LogP contribution in [0.2, 0.25) is 10.0 Å². The maximum atomic E-state index is 12.7. The molecule has 1 aliphatic heterocycles. The van der Waals surface area contributed by atoms with Gasteiger partial charge in [0.15, 0.2) is 0 Å². The summed E-state index contributed by atoms with van der Waals surface area (Å²) in [5.74, 6) is 0.422. The fourth-order valence-corrected chi connectivity index (χ4v) is 3.32. The molecule has 2 aromatic carbocycles. The fraction of sp³-hybridized carbons (Fsp3) is 0.158. The number of hydrogen-bond donors (Lipinski definition) is 1. The first-order chi connectivity index (χ1) is 13.5. The molecule has 0 saturated carbocycles. The van der Waals surface area contributed by atoms with E-state index in [-0.39, 0.29) is 12.3 Å². The van der Waals surface area contributed by atoms with E-state index in [2.05, 4.69) is 20.7 Å². The number of carbonyl (C=O) groups is 1. The van der Waals surface area contributed by atoms with Crippen LogP contribution in [0.1, 0.15) is 17.9 Å². The van der Waals surface area contributed by atoms with Crippen molar-refractivity contribution in [3.63, 3.8) is 0 Å². The number of amides is 1. The number of nitrogens with zero attached hydrogens (tertiary/aromatic N) is 3. The van der Waals surface area contributed by atoms with Crippen molar-refractivity contribution in [1.29, 1.82) is 0 Å². The lowest BCUT2D eigenvalue weighted by atomic mass is 10.0. The summed E-state index contributed by atoms with van der Waals surface area (Å²) in [6.45, 7) is 1.70. The molecule has 28 heavy (non-hydrogen) atoms. The van der Waals surface area contributed by atoms with E-state index < -0.39 is 6.10 Å². The van der Waals surface area contributed by atoms with Crippen molar-refractivity contribution in [2.75, 3.05) is 5.32 Å². The second kappa shape index (κ2) is 7.61. The number of carbonyl (C=O) groups excluding carboxylic acids is 1. The Morgan fingerprint density at radius 3 is 2.71 bits per heavy atom. The van der Waals surface area contributed by atoms with E-state index in [1.807, 2.05) is 6.07 Å². The van der Waals surface area contributed by atoms with Crippen molar-refractivity contribution in [3.05, 3.63) is 64.0 Å². The van der Waals surface area contributed by atoms with E-state index >= 15 is 0 Å². The summed E-state index contributed by atoms with van der Waals surface area (Å²) in [7, 11) is 0. The second-order valence-electron chi connectivity index (χ2n) is 6.12. The first kappa shape index (κ1) is 18.5. The van der Waals surface area contributed by atoms with Crippen LogP contribution in [0.5, 0.6) is 0 Å². The van der Waals surface area contributed by atoms with Crippen LogP contribution in [0, 0.1) is 6.92 Å². The Balaban J connectivity index is 1.49. The maximum Gasteiger partial charge on any atom is 0.268 e. The third kappa shape index (κ3) is 3.72. The monoisotopic (exact) mass is 416 g/mol. The first-order valence-corrected chi connectivity index (χ1v) is 9.15. The van der Waals surface area contributed by atoms with Crippen molar-refractivity contribution < 1.29 is 14.0 Å². The zero-order valence-corrected chi connectivity index (χ0v) is 16.2. The second-order valence-corrected chi connectivity index (χ2v) is 6.97. The van der Waals surface area contributed by atoms with Gasteiger partial charge in [-0.05, 0) is 24.3 Å². The first-order valence-electron chi connectivity index (χ1n) is 8.40.